The van der Waals surface area contributed by atoms with Crippen LogP contribution in [0.2, 0.25) is 0 Å². The van der Waals surface area contributed by atoms with E-state index in [0.29, 0.717) is 25.7 Å². The average Bonchev–Trinajstić information content (AvgIpc) is 3.09. The molecular weight excluding hydrogens is 733 g/mol. The Labute approximate surface area is 327 Å². The van der Waals surface area contributed by atoms with Gasteiger partial charge in [-0.3, -0.25) is 19.2 Å². The first-order valence-corrected chi connectivity index (χ1v) is 21.8. The van der Waals surface area contributed by atoms with E-state index in [1.54, 1.807) is 20.8 Å². The molecule has 15 heteroatoms. The van der Waals surface area contributed by atoms with Crippen LogP contribution >= 0.6 is 0 Å². The molecule has 0 spiro atoms. The molecule has 0 aromatic rings. The monoisotopic (exact) mass is 799 g/mol. The number of hydrogen-bond acceptors (Lipinski definition) is 7. The molecule has 12 nitrogen and oxygen atoms in total. The first-order chi connectivity index (χ1) is 25.5. The van der Waals surface area contributed by atoms with Crippen LogP contribution in [0.4, 0.5) is 13.6 Å². The SMILES string of the molecule is C=CCNC(=O)C(=O)[C@H](CCCC(F)F)NC(=O)[C@@H]1CC(C)(C)C(C)CN1C(=O)[C@@H](NC(=O)NC1(CS(=O)(=O)C(C)(C)C)CCCCC1)C1(C)CCCCC1. The van der Waals surface area contributed by atoms with Crippen LogP contribution in [-0.2, 0) is 29.0 Å². The van der Waals surface area contributed by atoms with Gasteiger partial charge in [-0.1, -0.05) is 72.3 Å². The first kappa shape index (κ1) is 46.3. The molecule has 0 aromatic carbocycles. The Morgan fingerprint density at radius 1 is 0.909 bits per heavy atom. The number of amides is 5. The van der Waals surface area contributed by atoms with Crippen molar-refractivity contribution < 1.29 is 41.2 Å². The third kappa shape index (κ3) is 12.2. The van der Waals surface area contributed by atoms with Crippen LogP contribution in [0.25, 0.3) is 0 Å². The van der Waals surface area contributed by atoms with E-state index >= 15 is 4.79 Å². The van der Waals surface area contributed by atoms with Crippen molar-refractivity contribution in [1.29, 1.82) is 0 Å². The van der Waals surface area contributed by atoms with Gasteiger partial charge in [0.05, 0.1) is 22.1 Å². The minimum atomic E-state index is -3.62. The molecule has 314 valence electrons. The van der Waals surface area contributed by atoms with Crippen molar-refractivity contribution in [2.45, 2.75) is 173 Å². The van der Waals surface area contributed by atoms with E-state index in [9.17, 15) is 36.4 Å². The fraction of sp³-hybridized carbons (Fsp3) is 0.825. The number of likely N-dealkylation sites (tertiary alicyclic amines) is 1. The van der Waals surface area contributed by atoms with Crippen molar-refractivity contribution in [3.05, 3.63) is 12.7 Å². The number of Topliss-reactive ketones (excluding diaryl/α,β-unsaturated/α-hetero) is 1. The van der Waals surface area contributed by atoms with E-state index in [1.165, 1.54) is 11.0 Å². The standard InChI is InChI=1S/C40H67F2N5O7S/c1-9-23-43-34(50)31(48)28(17-16-18-30(41)42)44-33(49)29-24-38(6,7)27(2)25-47(29)35(51)32(39(8)19-12-10-13-20-39)45-36(52)46-40(21-14-11-15-22-40)26-55(53,54)37(3,4)5/h9,27-30,32H,1,10-26H2,2-8H3,(H,43,50)(H,44,49)(H2,45,46,52)/t27?,28-,29-,32+/m0/s1. The number of rotatable bonds is 16. The third-order valence-electron chi connectivity index (χ3n) is 12.5. The van der Waals surface area contributed by atoms with Crippen molar-refractivity contribution >= 4 is 39.4 Å². The highest BCUT2D eigenvalue weighted by Crippen LogP contribution is 2.43. The molecule has 55 heavy (non-hydrogen) atoms. The fourth-order valence-corrected chi connectivity index (χ4v) is 9.77. The molecule has 4 atom stereocenters. The summed E-state index contributed by atoms with van der Waals surface area (Å²) >= 11 is 0. The van der Waals surface area contributed by atoms with Crippen molar-refractivity contribution in [2.24, 2.45) is 16.7 Å². The first-order valence-electron chi connectivity index (χ1n) is 20.1. The highest BCUT2D eigenvalue weighted by atomic mass is 32.2. The van der Waals surface area contributed by atoms with Crippen molar-refractivity contribution in [3.8, 4) is 0 Å². The highest BCUT2D eigenvalue weighted by Gasteiger charge is 2.50. The number of sulfone groups is 1. The number of ketones is 1. The van der Waals surface area contributed by atoms with Gasteiger partial charge in [-0.05, 0) is 82.5 Å². The maximum absolute atomic E-state index is 15.0. The number of hydrogen-bond donors (Lipinski definition) is 4. The zero-order valence-corrected chi connectivity index (χ0v) is 35.0. The topological polar surface area (TPSA) is 171 Å². The number of urea groups is 1. The molecule has 3 rings (SSSR count). The molecule has 0 radical (unpaired) electrons. The lowest BCUT2D eigenvalue weighted by Gasteiger charge is -2.50. The van der Waals surface area contributed by atoms with Crippen molar-refractivity contribution in [1.82, 2.24) is 26.2 Å². The Morgan fingerprint density at radius 2 is 1.49 bits per heavy atom. The molecule has 0 bridgehead atoms. The van der Waals surface area contributed by atoms with Crippen LogP contribution in [0, 0.1) is 16.7 Å². The molecule has 1 saturated heterocycles. The minimum absolute atomic E-state index is 0.00644. The predicted molar refractivity (Wildman–Crippen MR) is 209 cm³/mol. The second-order valence-corrected chi connectivity index (χ2v) is 21.0. The minimum Gasteiger partial charge on any atom is -0.346 e. The molecule has 2 aliphatic carbocycles. The van der Waals surface area contributed by atoms with E-state index in [4.69, 9.17) is 0 Å². The Hall–Kier alpha value is -3.10. The van der Waals surface area contributed by atoms with Gasteiger partial charge in [-0.25, -0.2) is 22.0 Å². The van der Waals surface area contributed by atoms with E-state index in [0.717, 1.165) is 38.5 Å². The van der Waals surface area contributed by atoms with Gasteiger partial charge >= 0.3 is 6.03 Å². The molecule has 1 heterocycles. The van der Waals surface area contributed by atoms with Crippen LogP contribution in [0.5, 0.6) is 0 Å². The Bertz CT molecular complexity index is 1500. The Morgan fingerprint density at radius 3 is 2.04 bits per heavy atom. The van der Waals surface area contributed by atoms with E-state index in [-0.39, 0.29) is 44.0 Å². The molecule has 3 aliphatic rings. The van der Waals surface area contributed by atoms with E-state index in [2.05, 4.69) is 27.8 Å². The molecule has 1 aliphatic heterocycles. The summed E-state index contributed by atoms with van der Waals surface area (Å²) in [6, 6.07) is -4.20. The normalized spacial score (nSPS) is 23.5. The summed E-state index contributed by atoms with van der Waals surface area (Å²) in [4.78, 5) is 70.8. The fourth-order valence-electron chi connectivity index (χ4n) is 8.25. The molecule has 5 amide bonds. The average molecular weight is 800 g/mol. The molecule has 1 unspecified atom stereocenters. The van der Waals surface area contributed by atoms with Crippen LogP contribution in [0.15, 0.2) is 12.7 Å². The lowest BCUT2D eigenvalue weighted by atomic mass is 9.68. The summed E-state index contributed by atoms with van der Waals surface area (Å²) in [5.41, 5.74) is -2.13. The lowest BCUT2D eigenvalue weighted by Crippen LogP contribution is -2.67. The maximum atomic E-state index is 15.0. The number of piperidine rings is 1. The van der Waals surface area contributed by atoms with Gasteiger partial charge in [0.15, 0.2) is 9.84 Å². The molecule has 2 saturated carbocycles. The van der Waals surface area contributed by atoms with Gasteiger partial charge < -0.3 is 26.2 Å². The second kappa shape index (κ2) is 18.9. The molecule has 0 aromatic heterocycles. The summed E-state index contributed by atoms with van der Waals surface area (Å²) in [5, 5.41) is 11.1. The zero-order chi connectivity index (χ0) is 41.4. The van der Waals surface area contributed by atoms with Crippen LogP contribution in [0.1, 0.15) is 138 Å². The van der Waals surface area contributed by atoms with Gasteiger partial charge in [0.1, 0.15) is 12.1 Å². The zero-order valence-electron chi connectivity index (χ0n) is 34.2. The summed E-state index contributed by atoms with van der Waals surface area (Å²) in [6.07, 6.45) is 5.40. The molecular formula is C40H67F2N5O7S. The van der Waals surface area contributed by atoms with Gasteiger partial charge in [-0.2, -0.15) is 0 Å². The quantitative estimate of drug-likeness (QED) is 0.116. The largest absolute Gasteiger partial charge is 0.346 e. The highest BCUT2D eigenvalue weighted by molar-refractivity contribution is 7.92. The number of carbonyl (C=O) groups excluding carboxylic acids is 5. The summed E-state index contributed by atoms with van der Waals surface area (Å²) in [6.45, 7) is 16.5. The number of halogens is 2. The summed E-state index contributed by atoms with van der Waals surface area (Å²) < 4.78 is 52.1. The molecule has 3 fully saturated rings. The van der Waals surface area contributed by atoms with Crippen LogP contribution in [0.3, 0.4) is 0 Å². The Balaban J connectivity index is 1.98. The number of nitrogens with one attached hydrogen (secondary N) is 4. The van der Waals surface area contributed by atoms with Gasteiger partial charge in [0.2, 0.25) is 24.0 Å². The summed E-state index contributed by atoms with van der Waals surface area (Å²) in [5.74, 6) is -3.43. The summed E-state index contributed by atoms with van der Waals surface area (Å²) in [7, 11) is -3.62. The van der Waals surface area contributed by atoms with E-state index in [1.807, 2.05) is 27.7 Å². The van der Waals surface area contributed by atoms with Crippen molar-refractivity contribution in [2.75, 3.05) is 18.8 Å². The lowest BCUT2D eigenvalue weighted by molar-refractivity contribution is -0.152. The number of alkyl halides is 2. The number of nitrogens with zero attached hydrogens (tertiary/aromatic N) is 1. The number of carbonyl (C=O) groups is 5. The Kier molecular flexibility index (Phi) is 15.9. The second-order valence-electron chi connectivity index (χ2n) is 18.3. The van der Waals surface area contributed by atoms with Gasteiger partial charge in [-0.15, -0.1) is 6.58 Å². The predicted octanol–water partition coefficient (Wildman–Crippen LogP) is 5.60. The van der Waals surface area contributed by atoms with Crippen molar-refractivity contribution in [3.63, 3.8) is 0 Å². The van der Waals surface area contributed by atoms with Gasteiger partial charge in [0, 0.05) is 19.5 Å². The molecule has 4 N–H and O–H groups in total. The van der Waals surface area contributed by atoms with Crippen LogP contribution in [-0.4, -0.2) is 96.5 Å². The van der Waals surface area contributed by atoms with Crippen LogP contribution < -0.4 is 21.3 Å². The van der Waals surface area contributed by atoms with Gasteiger partial charge in [0.25, 0.3) is 5.91 Å². The third-order valence-corrected chi connectivity index (χ3v) is 15.3. The van der Waals surface area contributed by atoms with E-state index < -0.39 is 91.5 Å². The smallest absolute Gasteiger partial charge is 0.315 e. The maximum Gasteiger partial charge on any atom is 0.315 e.